The highest BCUT2D eigenvalue weighted by atomic mass is 14.8. The van der Waals surface area contributed by atoms with Gasteiger partial charge in [-0.1, -0.05) is 23.8 Å². The van der Waals surface area contributed by atoms with Crippen molar-refractivity contribution in [3.8, 4) is 0 Å². The number of hydrogen-bond acceptors (Lipinski definition) is 1. The Balaban J connectivity index is 2.33. The van der Waals surface area contributed by atoms with Crippen molar-refractivity contribution in [3.05, 3.63) is 35.5 Å². The number of nitrogens with zero attached hydrogens (tertiary/aromatic N) is 1. The normalized spacial score (nSPS) is 27.5. The van der Waals surface area contributed by atoms with E-state index in [4.69, 9.17) is 0 Å². The van der Waals surface area contributed by atoms with Gasteiger partial charge in [0.25, 0.3) is 0 Å². The standard InChI is InChI=1S/C10H11N/c1-8-4-5-10-9(7-8)3-2-6-11-10/h2-4,6-7,10H,5H2,1H3. The maximum atomic E-state index is 4.36. The third kappa shape index (κ3) is 1.18. The molecule has 0 aromatic carbocycles. The van der Waals surface area contributed by atoms with Gasteiger partial charge in [0.15, 0.2) is 0 Å². The van der Waals surface area contributed by atoms with Crippen LogP contribution in [0.5, 0.6) is 0 Å². The predicted molar refractivity (Wildman–Crippen MR) is 47.9 cm³/mol. The molecule has 1 unspecified atom stereocenters. The molecule has 1 nitrogen and oxygen atoms in total. The van der Waals surface area contributed by atoms with Crippen LogP contribution in [0.2, 0.25) is 0 Å². The van der Waals surface area contributed by atoms with E-state index >= 15 is 0 Å². The minimum Gasteiger partial charge on any atom is -0.285 e. The Morgan fingerprint density at radius 2 is 2.45 bits per heavy atom. The summed E-state index contributed by atoms with van der Waals surface area (Å²) < 4.78 is 0. The molecule has 0 saturated heterocycles. The zero-order valence-electron chi connectivity index (χ0n) is 6.62. The van der Waals surface area contributed by atoms with E-state index < -0.39 is 0 Å². The van der Waals surface area contributed by atoms with Crippen LogP contribution in [-0.2, 0) is 0 Å². The Hall–Kier alpha value is -1.11. The molecule has 0 bridgehead atoms. The molecule has 0 saturated carbocycles. The fraction of sp³-hybridized carbons (Fsp3) is 0.300. The second-order valence-corrected chi connectivity index (χ2v) is 3.00. The van der Waals surface area contributed by atoms with Crippen molar-refractivity contribution in [1.29, 1.82) is 0 Å². The molecule has 2 rings (SSSR count). The Kier molecular flexibility index (Phi) is 1.50. The molecule has 0 amide bonds. The summed E-state index contributed by atoms with van der Waals surface area (Å²) in [6.45, 7) is 2.13. The van der Waals surface area contributed by atoms with E-state index in [1.807, 2.05) is 12.3 Å². The second-order valence-electron chi connectivity index (χ2n) is 3.00. The number of allylic oxidation sites excluding steroid dienone is 3. The Labute approximate surface area is 66.8 Å². The molecule has 1 atom stereocenters. The van der Waals surface area contributed by atoms with Crippen LogP contribution < -0.4 is 0 Å². The quantitative estimate of drug-likeness (QED) is 0.496. The molecule has 1 aliphatic heterocycles. The predicted octanol–water partition coefficient (Wildman–Crippen LogP) is 2.27. The van der Waals surface area contributed by atoms with E-state index in [1.165, 1.54) is 11.1 Å². The monoisotopic (exact) mass is 145 g/mol. The zero-order valence-corrected chi connectivity index (χ0v) is 6.62. The summed E-state index contributed by atoms with van der Waals surface area (Å²) in [7, 11) is 0. The van der Waals surface area contributed by atoms with Crippen molar-refractivity contribution in [3.63, 3.8) is 0 Å². The lowest BCUT2D eigenvalue weighted by molar-refractivity contribution is 0.787. The van der Waals surface area contributed by atoms with Gasteiger partial charge >= 0.3 is 0 Å². The lowest BCUT2D eigenvalue weighted by Crippen LogP contribution is -2.11. The van der Waals surface area contributed by atoms with Gasteiger partial charge in [-0.25, -0.2) is 0 Å². The highest BCUT2D eigenvalue weighted by molar-refractivity contribution is 5.74. The van der Waals surface area contributed by atoms with Crippen LogP contribution in [0.4, 0.5) is 0 Å². The first-order chi connectivity index (χ1) is 5.36. The Morgan fingerprint density at radius 1 is 1.55 bits per heavy atom. The van der Waals surface area contributed by atoms with Crippen LogP contribution in [0, 0.1) is 0 Å². The van der Waals surface area contributed by atoms with Gasteiger partial charge in [0.05, 0.1) is 6.04 Å². The Morgan fingerprint density at radius 3 is 3.36 bits per heavy atom. The van der Waals surface area contributed by atoms with Crippen LogP contribution >= 0.6 is 0 Å². The van der Waals surface area contributed by atoms with Gasteiger partial charge in [0.1, 0.15) is 0 Å². The van der Waals surface area contributed by atoms with E-state index in [9.17, 15) is 0 Å². The van der Waals surface area contributed by atoms with Crippen molar-refractivity contribution in [2.75, 3.05) is 0 Å². The minimum atomic E-state index is 0.406. The van der Waals surface area contributed by atoms with Crippen LogP contribution in [-0.4, -0.2) is 12.3 Å². The molecule has 0 N–H and O–H groups in total. The van der Waals surface area contributed by atoms with E-state index in [0.717, 1.165) is 6.42 Å². The number of fused-ring (bicyclic) bond motifs is 1. The van der Waals surface area contributed by atoms with Gasteiger partial charge in [-0.3, -0.25) is 4.99 Å². The van der Waals surface area contributed by atoms with Crippen LogP contribution in [0.1, 0.15) is 13.3 Å². The lowest BCUT2D eigenvalue weighted by Gasteiger charge is -2.18. The van der Waals surface area contributed by atoms with Gasteiger partial charge in [0.2, 0.25) is 0 Å². The van der Waals surface area contributed by atoms with Crippen molar-refractivity contribution in [1.82, 2.24) is 0 Å². The molecule has 0 aromatic rings. The van der Waals surface area contributed by atoms with Crippen molar-refractivity contribution in [2.24, 2.45) is 4.99 Å². The van der Waals surface area contributed by atoms with Gasteiger partial charge in [-0.15, -0.1) is 0 Å². The molecular weight excluding hydrogens is 134 g/mol. The maximum absolute atomic E-state index is 4.36. The Bertz CT molecular complexity index is 279. The van der Waals surface area contributed by atoms with E-state index in [-0.39, 0.29) is 0 Å². The van der Waals surface area contributed by atoms with Gasteiger partial charge in [-0.05, 0) is 25.0 Å². The number of dihydropyridines is 1. The fourth-order valence-electron chi connectivity index (χ4n) is 1.47. The molecule has 1 aliphatic carbocycles. The lowest BCUT2D eigenvalue weighted by atomic mass is 9.94. The van der Waals surface area contributed by atoms with Crippen LogP contribution in [0.25, 0.3) is 0 Å². The molecular formula is C10H11N. The summed E-state index contributed by atoms with van der Waals surface area (Å²) in [5.74, 6) is 0. The topological polar surface area (TPSA) is 12.4 Å². The third-order valence-electron chi connectivity index (χ3n) is 2.08. The van der Waals surface area contributed by atoms with Gasteiger partial charge in [-0.2, -0.15) is 0 Å². The van der Waals surface area contributed by atoms with Crippen LogP contribution in [0.3, 0.4) is 0 Å². The summed E-state index contributed by atoms with van der Waals surface area (Å²) in [4.78, 5) is 4.36. The number of rotatable bonds is 0. The van der Waals surface area contributed by atoms with Crippen LogP contribution in [0.15, 0.2) is 40.4 Å². The molecule has 2 aliphatic rings. The molecule has 0 fully saturated rings. The van der Waals surface area contributed by atoms with E-state index in [2.05, 4.69) is 30.1 Å². The average Bonchev–Trinajstić information content (AvgIpc) is 2.04. The third-order valence-corrected chi connectivity index (χ3v) is 2.08. The molecule has 1 heterocycles. The fourth-order valence-corrected chi connectivity index (χ4v) is 1.47. The second kappa shape index (κ2) is 2.50. The summed E-state index contributed by atoms with van der Waals surface area (Å²) in [5.41, 5.74) is 2.71. The van der Waals surface area contributed by atoms with Crippen molar-refractivity contribution in [2.45, 2.75) is 19.4 Å². The molecule has 0 aromatic heterocycles. The zero-order chi connectivity index (χ0) is 7.68. The molecule has 1 heteroatoms. The van der Waals surface area contributed by atoms with Gasteiger partial charge in [0, 0.05) is 6.21 Å². The highest BCUT2D eigenvalue weighted by Crippen LogP contribution is 2.22. The number of hydrogen-bond donors (Lipinski definition) is 0. The maximum Gasteiger partial charge on any atom is 0.0783 e. The first-order valence-corrected chi connectivity index (χ1v) is 3.94. The first kappa shape index (κ1) is 6.59. The highest BCUT2D eigenvalue weighted by Gasteiger charge is 2.13. The largest absolute Gasteiger partial charge is 0.285 e. The molecule has 11 heavy (non-hydrogen) atoms. The van der Waals surface area contributed by atoms with Gasteiger partial charge < -0.3 is 0 Å². The summed E-state index contributed by atoms with van der Waals surface area (Å²) in [5, 5.41) is 0. The van der Waals surface area contributed by atoms with E-state index in [1.54, 1.807) is 0 Å². The smallest absolute Gasteiger partial charge is 0.0783 e. The average molecular weight is 145 g/mol. The summed E-state index contributed by atoms with van der Waals surface area (Å²) in [6.07, 6.45) is 11.6. The summed E-state index contributed by atoms with van der Waals surface area (Å²) >= 11 is 0. The molecule has 0 radical (unpaired) electrons. The first-order valence-electron chi connectivity index (χ1n) is 3.94. The van der Waals surface area contributed by atoms with Crippen molar-refractivity contribution < 1.29 is 0 Å². The number of aliphatic imine (C=N–C) groups is 1. The molecule has 56 valence electrons. The van der Waals surface area contributed by atoms with Crippen molar-refractivity contribution >= 4 is 6.21 Å². The molecule has 0 spiro atoms. The van der Waals surface area contributed by atoms with E-state index in [0.29, 0.717) is 6.04 Å². The summed E-state index contributed by atoms with van der Waals surface area (Å²) in [6, 6.07) is 0.406. The SMILES string of the molecule is CC1=CCC2N=CC=CC2=C1. The minimum absolute atomic E-state index is 0.406.